The van der Waals surface area contributed by atoms with Crippen LogP contribution in [0.4, 0.5) is 0 Å². The lowest BCUT2D eigenvalue weighted by Gasteiger charge is -2.68. The van der Waals surface area contributed by atoms with E-state index in [1.807, 2.05) is 7.05 Å². The summed E-state index contributed by atoms with van der Waals surface area (Å²) in [6.07, 6.45) is 2.66. The van der Waals surface area contributed by atoms with Gasteiger partial charge in [0, 0.05) is 38.6 Å². The van der Waals surface area contributed by atoms with E-state index in [0.29, 0.717) is 38.5 Å². The highest BCUT2D eigenvalue weighted by Crippen LogP contribution is 2.69. The fourth-order valence-corrected chi connectivity index (χ4v) is 11.5. The van der Waals surface area contributed by atoms with E-state index in [1.165, 1.54) is 0 Å². The number of likely N-dealkylation sites (tertiary alicyclic amines) is 3. The fraction of sp³-hybridized carbons (Fsp3) is 0.919. The minimum Gasteiger partial charge on any atom is -0.481 e. The molecule has 0 saturated carbocycles. The van der Waals surface area contributed by atoms with E-state index in [9.17, 15) is 29.7 Å². The zero-order valence-corrected chi connectivity index (χ0v) is 32.0. The Bertz CT molecular complexity index is 1110. The zero-order valence-electron chi connectivity index (χ0n) is 32.0. The molecule has 0 aliphatic carbocycles. The normalized spacial score (nSPS) is 28.4. The molecule has 0 bridgehead atoms. The predicted molar refractivity (Wildman–Crippen MR) is 183 cm³/mol. The Morgan fingerprint density at radius 1 is 0.522 bits per heavy atom. The molecule has 0 aromatic heterocycles. The molecular weight excluding hydrogens is 582 g/mol. The van der Waals surface area contributed by atoms with Crippen LogP contribution in [0.2, 0.25) is 0 Å². The first kappa shape index (κ1) is 38.7. The van der Waals surface area contributed by atoms with Gasteiger partial charge in [0.15, 0.2) is 5.41 Å². The Morgan fingerprint density at radius 2 is 0.739 bits per heavy atom. The van der Waals surface area contributed by atoms with Gasteiger partial charge in [-0.3, -0.25) is 29.1 Å². The van der Waals surface area contributed by atoms with Crippen molar-refractivity contribution in [2.75, 3.05) is 21.1 Å². The number of carboxylic acids is 3. The molecule has 0 radical (unpaired) electrons. The smallest absolute Gasteiger partial charge is 0.321 e. The number of aliphatic carboxylic acids is 3. The molecule has 9 nitrogen and oxygen atoms in total. The molecule has 0 spiro atoms. The number of nitrogens with zero attached hydrogens (tertiary/aromatic N) is 3. The second-order valence-corrected chi connectivity index (χ2v) is 19.3. The van der Waals surface area contributed by atoms with Gasteiger partial charge >= 0.3 is 17.9 Å². The Morgan fingerprint density at radius 3 is 0.935 bits per heavy atom. The quantitative estimate of drug-likeness (QED) is 0.252. The second-order valence-electron chi connectivity index (χ2n) is 19.3. The van der Waals surface area contributed by atoms with Gasteiger partial charge in [0.1, 0.15) is 0 Å². The van der Waals surface area contributed by atoms with Gasteiger partial charge in [-0.1, -0.05) is 6.92 Å². The average Bonchev–Trinajstić information content (AvgIpc) is 2.85. The lowest BCUT2D eigenvalue weighted by Crippen LogP contribution is -2.74. The van der Waals surface area contributed by atoms with Gasteiger partial charge in [-0.05, 0) is 161 Å². The number of hydrogen-bond donors (Lipinski definition) is 3. The largest absolute Gasteiger partial charge is 0.481 e. The van der Waals surface area contributed by atoms with Crippen molar-refractivity contribution in [3.8, 4) is 0 Å². The van der Waals surface area contributed by atoms with Crippen molar-refractivity contribution in [3.05, 3.63) is 0 Å². The van der Waals surface area contributed by atoms with Gasteiger partial charge in [0.25, 0.3) is 0 Å². The van der Waals surface area contributed by atoms with E-state index in [0.717, 1.165) is 0 Å². The summed E-state index contributed by atoms with van der Waals surface area (Å²) >= 11 is 0. The Kier molecular flexibility index (Phi) is 9.63. The maximum Gasteiger partial charge on any atom is 0.321 e. The van der Waals surface area contributed by atoms with Gasteiger partial charge in [0.2, 0.25) is 0 Å². The van der Waals surface area contributed by atoms with Crippen LogP contribution in [0.1, 0.15) is 129 Å². The highest BCUT2D eigenvalue weighted by atomic mass is 16.4. The summed E-state index contributed by atoms with van der Waals surface area (Å²) in [5.74, 6) is -6.91. The van der Waals surface area contributed by atoms with Crippen molar-refractivity contribution in [2.45, 2.75) is 162 Å². The SMILES string of the molecule is CC(C(=O)O)C(C1CC(C)(C)N(C)C(C)(C)C1)(C1CC(C)(C)N(C)C(C)(C)C1)C(C(=O)O)(C(=O)O)C1CC(C)(C)N(C)C(C)(C)C1. The summed E-state index contributed by atoms with van der Waals surface area (Å²) in [6, 6.07) is 0. The monoisotopic (exact) mass is 650 g/mol. The molecule has 0 amide bonds. The minimum absolute atomic E-state index is 0.332. The lowest BCUT2D eigenvalue weighted by molar-refractivity contribution is -0.239. The Balaban J connectivity index is 2.64. The molecule has 46 heavy (non-hydrogen) atoms. The molecule has 3 aliphatic heterocycles. The maximum atomic E-state index is 14.5. The molecule has 0 aromatic rings. The van der Waals surface area contributed by atoms with E-state index >= 15 is 0 Å². The molecule has 3 saturated heterocycles. The molecule has 3 aliphatic rings. The number of carboxylic acid groups (broad SMARTS) is 3. The first-order valence-corrected chi connectivity index (χ1v) is 17.3. The van der Waals surface area contributed by atoms with Crippen LogP contribution in [0.3, 0.4) is 0 Å². The van der Waals surface area contributed by atoms with Gasteiger partial charge in [0.05, 0.1) is 5.92 Å². The van der Waals surface area contributed by atoms with E-state index in [-0.39, 0.29) is 0 Å². The topological polar surface area (TPSA) is 122 Å². The molecule has 3 heterocycles. The van der Waals surface area contributed by atoms with Crippen molar-refractivity contribution in [1.82, 2.24) is 14.7 Å². The van der Waals surface area contributed by atoms with Crippen molar-refractivity contribution in [1.29, 1.82) is 0 Å². The third-order valence-electron chi connectivity index (χ3n) is 14.3. The van der Waals surface area contributed by atoms with Crippen molar-refractivity contribution >= 4 is 17.9 Å². The van der Waals surface area contributed by atoms with Crippen LogP contribution in [0.5, 0.6) is 0 Å². The van der Waals surface area contributed by atoms with Crippen molar-refractivity contribution in [2.24, 2.45) is 34.5 Å². The minimum atomic E-state index is -2.36. The van der Waals surface area contributed by atoms with Crippen LogP contribution in [-0.4, -0.2) is 102 Å². The van der Waals surface area contributed by atoms with Gasteiger partial charge in [-0.15, -0.1) is 0 Å². The second kappa shape index (κ2) is 11.4. The van der Waals surface area contributed by atoms with Crippen LogP contribution >= 0.6 is 0 Å². The van der Waals surface area contributed by atoms with Crippen molar-refractivity contribution < 1.29 is 29.7 Å². The van der Waals surface area contributed by atoms with Crippen LogP contribution in [0, 0.1) is 34.5 Å². The summed E-state index contributed by atoms with van der Waals surface area (Å²) < 4.78 is 0. The van der Waals surface area contributed by atoms with Crippen molar-refractivity contribution in [3.63, 3.8) is 0 Å². The third kappa shape index (κ3) is 5.62. The molecule has 0 aromatic carbocycles. The maximum absolute atomic E-state index is 14.5. The number of hydrogen-bond acceptors (Lipinski definition) is 6. The summed E-state index contributed by atoms with van der Waals surface area (Å²) in [4.78, 5) is 49.5. The molecule has 9 heteroatoms. The zero-order chi connectivity index (χ0) is 36.0. The summed E-state index contributed by atoms with van der Waals surface area (Å²) in [6.45, 7) is 26.9. The van der Waals surface area contributed by atoms with E-state index in [4.69, 9.17) is 0 Å². The van der Waals surface area contributed by atoms with E-state index < -0.39 is 85.6 Å². The Hall–Kier alpha value is -1.71. The van der Waals surface area contributed by atoms with Gasteiger partial charge < -0.3 is 15.3 Å². The number of rotatable bonds is 8. The molecule has 1 atom stereocenters. The van der Waals surface area contributed by atoms with Crippen LogP contribution in [0.25, 0.3) is 0 Å². The first-order chi connectivity index (χ1) is 20.4. The van der Waals surface area contributed by atoms with Gasteiger partial charge in [-0.2, -0.15) is 0 Å². The molecule has 266 valence electrons. The number of piperidine rings is 3. The van der Waals surface area contributed by atoms with E-state index in [1.54, 1.807) is 6.92 Å². The molecule has 3 N–H and O–H groups in total. The highest BCUT2D eigenvalue weighted by molar-refractivity contribution is 6.01. The molecule has 1 unspecified atom stereocenters. The average molecular weight is 650 g/mol. The number of carbonyl (C=O) groups is 3. The fourth-order valence-electron chi connectivity index (χ4n) is 11.5. The summed E-state index contributed by atoms with van der Waals surface area (Å²) in [7, 11) is 6.17. The van der Waals surface area contributed by atoms with Crippen LogP contribution in [0.15, 0.2) is 0 Å². The predicted octanol–water partition coefficient (Wildman–Crippen LogP) is 6.55. The van der Waals surface area contributed by atoms with Crippen LogP contribution in [-0.2, 0) is 14.4 Å². The molecule has 3 fully saturated rings. The third-order valence-corrected chi connectivity index (χ3v) is 14.3. The lowest BCUT2D eigenvalue weighted by atomic mass is 9.38. The van der Waals surface area contributed by atoms with E-state index in [2.05, 4.69) is 112 Å². The summed E-state index contributed by atoms with van der Waals surface area (Å²) in [5, 5.41) is 34.8. The first-order valence-electron chi connectivity index (χ1n) is 17.3. The van der Waals surface area contributed by atoms with Gasteiger partial charge in [-0.25, -0.2) is 0 Å². The summed E-state index contributed by atoms with van der Waals surface area (Å²) in [5.41, 5.74) is -6.73. The highest BCUT2D eigenvalue weighted by Gasteiger charge is 2.76. The molecule has 3 rings (SSSR count). The molecular formula is C37H67N3O6. The Labute approximate surface area is 279 Å². The standard InChI is InChI=1S/C37H67N3O6/c1-23(27(41)42)36(24-17-30(2,3)38(14)31(4,5)18-24,25-19-32(6,7)39(15)33(8,9)20-25)37(28(43)44,29(45)46)26-21-34(10,11)40(16)35(12,13)22-26/h23-26H,17-22H2,1-16H3,(H,41,42)(H,43,44)(H,45,46). The van der Waals surface area contributed by atoms with Crippen LogP contribution < -0.4 is 0 Å².